The maximum atomic E-state index is 12.6. The quantitative estimate of drug-likeness (QED) is 0.264. The smallest absolute Gasteiger partial charge is 0.344 e. The van der Waals surface area contributed by atoms with E-state index in [1.807, 2.05) is 0 Å². The van der Waals surface area contributed by atoms with Crippen LogP contribution in [0.15, 0.2) is 21.0 Å². The molecule has 8 heteroatoms. The average molecular weight is 445 g/mol. The Morgan fingerprint density at radius 1 is 0.719 bits per heavy atom. The minimum absolute atomic E-state index is 0.0424. The second kappa shape index (κ2) is 10.9. The highest BCUT2D eigenvalue weighted by molar-refractivity contribution is 6.14. The number of benzene rings is 1. The summed E-state index contributed by atoms with van der Waals surface area (Å²) in [6.45, 7) is 4.86. The molecule has 0 spiro atoms. The van der Waals surface area contributed by atoms with Gasteiger partial charge in [-0.3, -0.25) is 0 Å². The fraction of sp³-hybridized carbons (Fsp3) is 0.500. The standard InChI is InChI=1S/C24H32N2O6/c1-3-5-7-9-11-29-23(27)19-15-13-18-16(14-17(15)31-21(19)25)20(22(26)32-18)24(28)30-12-10-8-6-4-2/h13-14H,3-12,25-26H2,1-2H3. The van der Waals surface area contributed by atoms with E-state index in [0.29, 0.717) is 35.2 Å². The molecule has 0 saturated heterocycles. The third-order valence-electron chi connectivity index (χ3n) is 5.42. The number of nitrogen functional groups attached to an aromatic ring is 2. The number of carbonyl (C=O) groups excluding carboxylic acids is 2. The van der Waals surface area contributed by atoms with Crippen molar-refractivity contribution >= 4 is 45.6 Å². The van der Waals surface area contributed by atoms with E-state index in [-0.39, 0.29) is 22.9 Å². The number of fused-ring (bicyclic) bond motifs is 2. The third-order valence-corrected chi connectivity index (χ3v) is 5.42. The number of anilines is 2. The maximum absolute atomic E-state index is 12.6. The predicted molar refractivity (Wildman–Crippen MR) is 124 cm³/mol. The van der Waals surface area contributed by atoms with Crippen LogP contribution in [-0.2, 0) is 9.47 Å². The molecular weight excluding hydrogens is 412 g/mol. The Hall–Kier alpha value is -3.16. The highest BCUT2D eigenvalue weighted by Crippen LogP contribution is 2.36. The molecule has 0 fully saturated rings. The van der Waals surface area contributed by atoms with Crippen LogP contribution in [0.2, 0.25) is 0 Å². The van der Waals surface area contributed by atoms with Gasteiger partial charge in [0.1, 0.15) is 22.3 Å². The molecule has 2 aromatic heterocycles. The van der Waals surface area contributed by atoms with E-state index in [9.17, 15) is 9.59 Å². The van der Waals surface area contributed by atoms with E-state index < -0.39 is 11.9 Å². The van der Waals surface area contributed by atoms with Gasteiger partial charge in [-0.15, -0.1) is 0 Å². The van der Waals surface area contributed by atoms with E-state index in [4.69, 9.17) is 29.8 Å². The van der Waals surface area contributed by atoms with Crippen molar-refractivity contribution in [2.75, 3.05) is 24.7 Å². The first-order valence-corrected chi connectivity index (χ1v) is 11.4. The summed E-state index contributed by atoms with van der Waals surface area (Å²) in [5.41, 5.74) is 12.9. The van der Waals surface area contributed by atoms with Gasteiger partial charge in [0.15, 0.2) is 0 Å². The normalized spacial score (nSPS) is 11.3. The van der Waals surface area contributed by atoms with Crippen LogP contribution in [0.3, 0.4) is 0 Å². The average Bonchev–Trinajstić information content (AvgIpc) is 3.25. The summed E-state index contributed by atoms with van der Waals surface area (Å²) in [4.78, 5) is 25.2. The molecule has 3 rings (SSSR count). The van der Waals surface area contributed by atoms with E-state index in [0.717, 1.165) is 51.4 Å². The number of carbonyl (C=O) groups is 2. The molecule has 0 radical (unpaired) electrons. The van der Waals surface area contributed by atoms with E-state index >= 15 is 0 Å². The summed E-state index contributed by atoms with van der Waals surface area (Å²) in [5, 5.41) is 0.892. The second-order valence-corrected chi connectivity index (χ2v) is 7.92. The van der Waals surface area contributed by atoms with Crippen molar-refractivity contribution in [1.82, 2.24) is 0 Å². The maximum Gasteiger partial charge on any atom is 0.344 e. The van der Waals surface area contributed by atoms with Crippen molar-refractivity contribution in [3.8, 4) is 0 Å². The molecule has 0 amide bonds. The van der Waals surface area contributed by atoms with Gasteiger partial charge in [0.25, 0.3) is 0 Å². The fourth-order valence-electron chi connectivity index (χ4n) is 3.68. The number of esters is 2. The fourth-order valence-corrected chi connectivity index (χ4v) is 3.68. The molecule has 0 unspecified atom stereocenters. The minimum Gasteiger partial charge on any atom is -0.462 e. The lowest BCUT2D eigenvalue weighted by Gasteiger charge is -2.04. The lowest BCUT2D eigenvalue weighted by atomic mass is 10.1. The lowest BCUT2D eigenvalue weighted by molar-refractivity contribution is 0.0491. The van der Waals surface area contributed by atoms with Gasteiger partial charge in [-0.05, 0) is 25.0 Å². The zero-order chi connectivity index (χ0) is 23.1. The van der Waals surface area contributed by atoms with Crippen LogP contribution in [0.5, 0.6) is 0 Å². The Morgan fingerprint density at radius 2 is 1.12 bits per heavy atom. The molecule has 3 aromatic rings. The van der Waals surface area contributed by atoms with Crippen LogP contribution in [0, 0.1) is 0 Å². The highest BCUT2D eigenvalue weighted by atomic mass is 16.5. The van der Waals surface area contributed by atoms with Crippen LogP contribution in [-0.4, -0.2) is 25.2 Å². The molecule has 0 atom stereocenters. The zero-order valence-electron chi connectivity index (χ0n) is 18.8. The zero-order valence-corrected chi connectivity index (χ0v) is 18.8. The summed E-state index contributed by atoms with van der Waals surface area (Å²) >= 11 is 0. The third kappa shape index (κ3) is 5.18. The topological polar surface area (TPSA) is 131 Å². The van der Waals surface area contributed by atoms with Crippen molar-refractivity contribution < 1.29 is 27.9 Å². The first-order valence-electron chi connectivity index (χ1n) is 11.4. The van der Waals surface area contributed by atoms with Gasteiger partial charge in [-0.1, -0.05) is 52.4 Å². The van der Waals surface area contributed by atoms with E-state index in [2.05, 4.69) is 13.8 Å². The molecule has 0 saturated carbocycles. The Balaban J connectivity index is 1.81. The van der Waals surface area contributed by atoms with Crippen molar-refractivity contribution in [3.05, 3.63) is 23.3 Å². The van der Waals surface area contributed by atoms with Gasteiger partial charge in [0, 0.05) is 10.8 Å². The molecular formula is C24H32N2O6. The Kier molecular flexibility index (Phi) is 8.03. The number of hydrogen-bond acceptors (Lipinski definition) is 8. The van der Waals surface area contributed by atoms with Crippen LogP contribution >= 0.6 is 0 Å². The summed E-state index contributed by atoms with van der Waals surface area (Å²) in [6.07, 6.45) is 7.96. The van der Waals surface area contributed by atoms with E-state index in [1.165, 1.54) is 0 Å². The molecule has 0 aliphatic heterocycles. The monoisotopic (exact) mass is 444 g/mol. The van der Waals surface area contributed by atoms with Crippen molar-refractivity contribution in [2.24, 2.45) is 0 Å². The minimum atomic E-state index is -0.552. The summed E-state index contributed by atoms with van der Waals surface area (Å²) < 4.78 is 21.9. The van der Waals surface area contributed by atoms with Gasteiger partial charge in [0.05, 0.1) is 13.2 Å². The number of rotatable bonds is 12. The Labute approximate surface area is 187 Å². The predicted octanol–water partition coefficient (Wildman–Crippen LogP) is 5.82. The van der Waals surface area contributed by atoms with Crippen molar-refractivity contribution in [3.63, 3.8) is 0 Å². The molecule has 174 valence electrons. The molecule has 0 bridgehead atoms. The molecule has 8 nitrogen and oxygen atoms in total. The summed E-state index contributed by atoms with van der Waals surface area (Å²) in [5.74, 6) is -1.19. The first kappa shape index (κ1) is 23.5. The number of furan rings is 2. The molecule has 0 aliphatic rings. The van der Waals surface area contributed by atoms with Crippen LogP contribution in [0.4, 0.5) is 11.8 Å². The Morgan fingerprint density at radius 3 is 1.50 bits per heavy atom. The van der Waals surface area contributed by atoms with Crippen LogP contribution < -0.4 is 11.5 Å². The van der Waals surface area contributed by atoms with Gasteiger partial charge in [0.2, 0.25) is 11.8 Å². The highest BCUT2D eigenvalue weighted by Gasteiger charge is 2.26. The summed E-state index contributed by atoms with van der Waals surface area (Å²) in [7, 11) is 0. The van der Waals surface area contributed by atoms with Crippen molar-refractivity contribution in [2.45, 2.75) is 65.2 Å². The van der Waals surface area contributed by atoms with Gasteiger partial charge in [-0.25, -0.2) is 9.59 Å². The van der Waals surface area contributed by atoms with E-state index in [1.54, 1.807) is 12.1 Å². The van der Waals surface area contributed by atoms with Gasteiger partial charge in [-0.2, -0.15) is 0 Å². The molecule has 0 aliphatic carbocycles. The number of ether oxygens (including phenoxy) is 2. The molecule has 4 N–H and O–H groups in total. The number of nitrogens with two attached hydrogens (primary N) is 2. The summed E-state index contributed by atoms with van der Waals surface area (Å²) in [6, 6.07) is 3.18. The first-order chi connectivity index (χ1) is 15.5. The van der Waals surface area contributed by atoms with Gasteiger partial charge >= 0.3 is 11.9 Å². The van der Waals surface area contributed by atoms with Crippen LogP contribution in [0.1, 0.15) is 85.9 Å². The largest absolute Gasteiger partial charge is 0.462 e. The van der Waals surface area contributed by atoms with Crippen molar-refractivity contribution in [1.29, 1.82) is 0 Å². The number of unbranched alkanes of at least 4 members (excludes halogenated alkanes) is 6. The second-order valence-electron chi connectivity index (χ2n) is 7.92. The molecule has 32 heavy (non-hydrogen) atoms. The van der Waals surface area contributed by atoms with Crippen LogP contribution in [0.25, 0.3) is 21.9 Å². The SMILES string of the molecule is CCCCCCOC(=O)c1c(N)oc2cc3c(C(=O)OCCCCCC)c(N)oc3cc12. The molecule has 2 heterocycles. The number of hydrogen-bond donors (Lipinski definition) is 2. The Bertz CT molecular complexity index is 995. The lowest BCUT2D eigenvalue weighted by Crippen LogP contribution is -2.08. The molecule has 1 aromatic carbocycles. The van der Waals surface area contributed by atoms with Gasteiger partial charge < -0.3 is 29.8 Å².